The average molecular weight is 334 g/mol. The predicted octanol–water partition coefficient (Wildman–Crippen LogP) is 3.10. The maximum Gasteiger partial charge on any atom is 0.261 e. The molecular weight excluding hydrogens is 318 g/mol. The highest BCUT2D eigenvalue weighted by Gasteiger charge is 2.43. The number of carbonyl (C=O) groups excluding carboxylic acids is 2. The molecule has 3 aliphatic rings. The lowest BCUT2D eigenvalue weighted by molar-refractivity contribution is -0.139. The summed E-state index contributed by atoms with van der Waals surface area (Å²) < 4.78 is 0.992. The number of allylic oxidation sites excluding steroid dienone is 3. The summed E-state index contributed by atoms with van der Waals surface area (Å²) in [6.45, 7) is 4.08. The highest BCUT2D eigenvalue weighted by Crippen LogP contribution is 2.35. The highest BCUT2D eigenvalue weighted by atomic mass is 79.9. The van der Waals surface area contributed by atoms with Gasteiger partial charge >= 0.3 is 0 Å². The van der Waals surface area contributed by atoms with E-state index in [1.165, 1.54) is 4.90 Å². The van der Waals surface area contributed by atoms with E-state index in [1.54, 1.807) is 0 Å². The summed E-state index contributed by atoms with van der Waals surface area (Å²) >= 11 is 3.43. The number of amides is 2. The molecule has 3 nitrogen and oxygen atoms in total. The molecule has 0 fully saturated rings. The van der Waals surface area contributed by atoms with Crippen LogP contribution in [0.1, 0.15) is 20.3 Å². The Labute approximate surface area is 126 Å². The van der Waals surface area contributed by atoms with Crippen LogP contribution in [0.5, 0.6) is 0 Å². The number of hydrogen-bond donors (Lipinski definition) is 0. The first kappa shape index (κ1) is 13.6. The van der Waals surface area contributed by atoms with Crippen LogP contribution in [0.2, 0.25) is 0 Å². The lowest BCUT2D eigenvalue weighted by atomic mass is 9.92. The van der Waals surface area contributed by atoms with Gasteiger partial charge in [0.1, 0.15) is 0 Å². The van der Waals surface area contributed by atoms with E-state index < -0.39 is 0 Å². The van der Waals surface area contributed by atoms with Crippen molar-refractivity contribution in [2.24, 2.45) is 11.8 Å². The van der Waals surface area contributed by atoms with Gasteiger partial charge in [0.2, 0.25) is 0 Å². The topological polar surface area (TPSA) is 37.4 Å². The second-order valence-corrected chi connectivity index (χ2v) is 6.59. The van der Waals surface area contributed by atoms with Crippen LogP contribution in [0, 0.1) is 11.8 Å². The minimum Gasteiger partial charge on any atom is -0.269 e. The molecule has 1 heterocycles. The number of hydrogen-bond acceptors (Lipinski definition) is 2. The molecule has 2 aliphatic carbocycles. The van der Waals surface area contributed by atoms with Crippen LogP contribution in [0.4, 0.5) is 0 Å². The Balaban J connectivity index is 1.92. The van der Waals surface area contributed by atoms with E-state index in [2.05, 4.69) is 22.9 Å². The molecule has 2 amide bonds. The van der Waals surface area contributed by atoms with Crippen molar-refractivity contribution in [1.82, 2.24) is 4.90 Å². The van der Waals surface area contributed by atoms with Crippen molar-refractivity contribution in [1.29, 1.82) is 0 Å². The largest absolute Gasteiger partial charge is 0.269 e. The standard InChI is InChI=1S/C16H16BrNO2/c1-9-3-5-12-13(7-9)16(20)18(15(12)19)14-6-4-11(17)8-10(14)2/h3-6,8-10,14H,7H2,1-2H3. The third kappa shape index (κ3) is 2.03. The molecule has 3 atom stereocenters. The fourth-order valence-electron chi connectivity index (χ4n) is 2.99. The van der Waals surface area contributed by atoms with Gasteiger partial charge in [-0.15, -0.1) is 0 Å². The number of rotatable bonds is 1. The molecule has 0 aromatic carbocycles. The van der Waals surface area contributed by atoms with Gasteiger partial charge in [0, 0.05) is 15.6 Å². The van der Waals surface area contributed by atoms with Crippen molar-refractivity contribution in [3.63, 3.8) is 0 Å². The van der Waals surface area contributed by atoms with E-state index in [1.807, 2.05) is 37.3 Å². The van der Waals surface area contributed by atoms with Gasteiger partial charge in [-0.2, -0.15) is 0 Å². The van der Waals surface area contributed by atoms with E-state index in [4.69, 9.17) is 0 Å². The third-order valence-electron chi connectivity index (χ3n) is 4.08. The summed E-state index contributed by atoms with van der Waals surface area (Å²) in [6.07, 6.45) is 10.3. The smallest absolute Gasteiger partial charge is 0.261 e. The Morgan fingerprint density at radius 2 is 1.90 bits per heavy atom. The zero-order chi connectivity index (χ0) is 14.4. The Kier molecular flexibility index (Phi) is 3.28. The summed E-state index contributed by atoms with van der Waals surface area (Å²) in [5.41, 5.74) is 1.27. The number of imide groups is 1. The van der Waals surface area contributed by atoms with Crippen LogP contribution in [-0.2, 0) is 9.59 Å². The van der Waals surface area contributed by atoms with Crippen molar-refractivity contribution < 1.29 is 9.59 Å². The highest BCUT2D eigenvalue weighted by molar-refractivity contribution is 9.11. The van der Waals surface area contributed by atoms with E-state index >= 15 is 0 Å². The Hall–Kier alpha value is -1.42. The lowest BCUT2D eigenvalue weighted by Gasteiger charge is -2.30. The van der Waals surface area contributed by atoms with Gasteiger partial charge in [-0.05, 0) is 18.3 Å². The van der Waals surface area contributed by atoms with Gasteiger partial charge < -0.3 is 0 Å². The summed E-state index contributed by atoms with van der Waals surface area (Å²) in [5.74, 6) is 0.166. The van der Waals surface area contributed by atoms with E-state index in [0.717, 1.165) is 4.48 Å². The molecule has 0 aromatic heterocycles. The van der Waals surface area contributed by atoms with E-state index in [0.29, 0.717) is 23.5 Å². The molecule has 0 bridgehead atoms. The molecule has 3 rings (SSSR count). The molecule has 104 valence electrons. The molecule has 0 spiro atoms. The van der Waals surface area contributed by atoms with Crippen molar-refractivity contribution in [3.05, 3.63) is 46.0 Å². The van der Waals surface area contributed by atoms with E-state index in [9.17, 15) is 9.59 Å². The van der Waals surface area contributed by atoms with Crippen LogP contribution in [0.15, 0.2) is 46.0 Å². The predicted molar refractivity (Wildman–Crippen MR) is 80.9 cm³/mol. The van der Waals surface area contributed by atoms with Gasteiger partial charge in [-0.3, -0.25) is 14.5 Å². The second kappa shape index (κ2) is 4.85. The first-order valence-electron chi connectivity index (χ1n) is 6.84. The number of halogens is 1. The van der Waals surface area contributed by atoms with Crippen LogP contribution >= 0.6 is 15.9 Å². The minimum absolute atomic E-state index is 0.116. The quantitative estimate of drug-likeness (QED) is 0.691. The van der Waals surface area contributed by atoms with Crippen molar-refractivity contribution >= 4 is 27.7 Å². The minimum atomic E-state index is -0.189. The molecular formula is C16H16BrNO2. The van der Waals surface area contributed by atoms with Crippen molar-refractivity contribution in [3.8, 4) is 0 Å². The maximum atomic E-state index is 12.6. The number of nitrogens with zero attached hydrogens (tertiary/aromatic N) is 1. The van der Waals surface area contributed by atoms with Crippen molar-refractivity contribution in [2.75, 3.05) is 0 Å². The van der Waals surface area contributed by atoms with Gasteiger partial charge in [-0.1, -0.05) is 60.2 Å². The Morgan fingerprint density at radius 1 is 1.15 bits per heavy atom. The zero-order valence-corrected chi connectivity index (χ0v) is 13.1. The molecule has 1 aliphatic heterocycles. The van der Waals surface area contributed by atoms with Gasteiger partial charge in [0.15, 0.2) is 0 Å². The molecule has 20 heavy (non-hydrogen) atoms. The summed E-state index contributed by atoms with van der Waals surface area (Å²) in [4.78, 5) is 26.5. The van der Waals surface area contributed by atoms with Gasteiger partial charge in [0.05, 0.1) is 6.04 Å². The Morgan fingerprint density at radius 3 is 2.60 bits per heavy atom. The maximum absolute atomic E-state index is 12.6. The second-order valence-electron chi connectivity index (χ2n) is 5.67. The fourth-order valence-corrected chi connectivity index (χ4v) is 3.56. The van der Waals surface area contributed by atoms with Crippen LogP contribution < -0.4 is 0 Å². The molecule has 0 radical (unpaired) electrons. The van der Waals surface area contributed by atoms with Crippen LogP contribution in [0.3, 0.4) is 0 Å². The van der Waals surface area contributed by atoms with Crippen LogP contribution in [0.25, 0.3) is 0 Å². The van der Waals surface area contributed by atoms with Crippen molar-refractivity contribution in [2.45, 2.75) is 26.3 Å². The normalized spacial score (nSPS) is 32.9. The summed E-state index contributed by atoms with van der Waals surface area (Å²) in [7, 11) is 0. The van der Waals surface area contributed by atoms with Crippen LogP contribution in [-0.4, -0.2) is 22.8 Å². The molecule has 3 unspecified atom stereocenters. The van der Waals surface area contributed by atoms with Gasteiger partial charge in [0.25, 0.3) is 11.8 Å². The number of carbonyl (C=O) groups is 2. The lowest BCUT2D eigenvalue weighted by Crippen LogP contribution is -2.43. The monoisotopic (exact) mass is 333 g/mol. The fraction of sp³-hybridized carbons (Fsp3) is 0.375. The molecule has 0 saturated heterocycles. The Bertz CT molecular complexity index is 612. The molecule has 0 aromatic rings. The van der Waals surface area contributed by atoms with Gasteiger partial charge in [-0.25, -0.2) is 0 Å². The molecule has 4 heteroatoms. The van der Waals surface area contributed by atoms with E-state index in [-0.39, 0.29) is 23.8 Å². The third-order valence-corrected chi connectivity index (χ3v) is 4.61. The SMILES string of the molecule is CC1C=CC2=C(C1)C(=O)N(C1C=CC(Br)=CC1C)C2=O. The first-order valence-corrected chi connectivity index (χ1v) is 7.63. The molecule has 0 N–H and O–H groups in total. The summed E-state index contributed by atoms with van der Waals surface area (Å²) in [5, 5.41) is 0. The first-order chi connectivity index (χ1) is 9.49. The molecule has 0 saturated carbocycles. The average Bonchev–Trinajstić information content (AvgIpc) is 2.63. The zero-order valence-electron chi connectivity index (χ0n) is 11.5. The summed E-state index contributed by atoms with van der Waals surface area (Å²) in [6, 6.07) is -0.189.